The predicted molar refractivity (Wildman–Crippen MR) is 97.4 cm³/mol. The lowest BCUT2D eigenvalue weighted by atomic mass is 10.0. The number of carbonyl (C=O) groups excluding carboxylic acids is 4. The quantitative estimate of drug-likeness (QED) is 0.175. The summed E-state index contributed by atoms with van der Waals surface area (Å²) in [5, 5.41) is 25.2. The van der Waals surface area contributed by atoms with Gasteiger partial charge in [-0.3, -0.25) is 19.2 Å². The van der Waals surface area contributed by atoms with Gasteiger partial charge in [0.05, 0.1) is 12.6 Å². The first-order valence-electron chi connectivity index (χ1n) is 8.69. The van der Waals surface area contributed by atoms with Crippen LogP contribution in [0.25, 0.3) is 0 Å². The first-order chi connectivity index (χ1) is 12.9. The maximum atomic E-state index is 12.1. The highest BCUT2D eigenvalue weighted by Gasteiger charge is 2.29. The van der Waals surface area contributed by atoms with Gasteiger partial charge in [0.15, 0.2) is 0 Å². The Morgan fingerprint density at radius 3 is 1.93 bits per heavy atom. The molecule has 0 bridgehead atoms. The van der Waals surface area contributed by atoms with Crippen molar-refractivity contribution in [1.29, 1.82) is 0 Å². The highest BCUT2D eigenvalue weighted by molar-refractivity contribution is 5.94. The van der Waals surface area contributed by atoms with Gasteiger partial charge in [0.1, 0.15) is 18.1 Å². The minimum absolute atomic E-state index is 0.00293. The molecule has 4 unspecified atom stereocenters. The summed E-state index contributed by atoms with van der Waals surface area (Å²) in [5.74, 6) is -4.66. The third-order valence-corrected chi connectivity index (χ3v) is 3.84. The Hall–Kier alpha value is -2.73. The lowest BCUT2D eigenvalue weighted by Gasteiger charge is -2.23. The van der Waals surface area contributed by atoms with Crippen LogP contribution in [0.5, 0.6) is 0 Å². The predicted octanol–water partition coefficient (Wildman–Crippen LogP) is -3.21. The second-order valence-corrected chi connectivity index (χ2v) is 6.65. The van der Waals surface area contributed by atoms with E-state index in [9.17, 15) is 29.1 Å². The molecular weight excluding hydrogens is 374 g/mol. The van der Waals surface area contributed by atoms with Crippen molar-refractivity contribution >= 4 is 29.6 Å². The van der Waals surface area contributed by atoms with Gasteiger partial charge < -0.3 is 37.6 Å². The van der Waals surface area contributed by atoms with E-state index in [2.05, 4.69) is 16.0 Å². The molecule has 0 spiro atoms. The van der Waals surface area contributed by atoms with Crippen molar-refractivity contribution in [3.05, 3.63) is 0 Å². The average molecular weight is 403 g/mol. The number of carboxylic acids is 1. The van der Waals surface area contributed by atoms with Crippen molar-refractivity contribution in [2.45, 2.75) is 57.8 Å². The van der Waals surface area contributed by atoms with E-state index in [4.69, 9.17) is 16.6 Å². The van der Waals surface area contributed by atoms with E-state index in [0.29, 0.717) is 0 Å². The summed E-state index contributed by atoms with van der Waals surface area (Å²) in [4.78, 5) is 58.0. The second-order valence-electron chi connectivity index (χ2n) is 6.65. The maximum Gasteiger partial charge on any atom is 0.326 e. The van der Waals surface area contributed by atoms with Gasteiger partial charge in [-0.05, 0) is 19.3 Å². The van der Waals surface area contributed by atoms with Crippen molar-refractivity contribution in [1.82, 2.24) is 16.0 Å². The minimum Gasteiger partial charge on any atom is -0.480 e. The summed E-state index contributed by atoms with van der Waals surface area (Å²) in [6.45, 7) is 3.73. The third-order valence-electron chi connectivity index (χ3n) is 3.84. The van der Waals surface area contributed by atoms with Crippen LogP contribution in [0.4, 0.5) is 0 Å². The second kappa shape index (κ2) is 11.9. The number of aliphatic hydroxyl groups excluding tert-OH is 1. The molecule has 0 aromatic carbocycles. The van der Waals surface area contributed by atoms with Crippen LogP contribution in [0.15, 0.2) is 0 Å². The Morgan fingerprint density at radius 1 is 0.929 bits per heavy atom. The lowest BCUT2D eigenvalue weighted by Crippen LogP contribution is -2.58. The van der Waals surface area contributed by atoms with Crippen LogP contribution in [0.2, 0.25) is 0 Å². The van der Waals surface area contributed by atoms with E-state index in [0.717, 1.165) is 0 Å². The first-order valence-corrected chi connectivity index (χ1v) is 8.69. The molecule has 0 aliphatic heterocycles. The summed E-state index contributed by atoms with van der Waals surface area (Å²) in [6, 6.07) is -4.76. The lowest BCUT2D eigenvalue weighted by molar-refractivity contribution is -0.143. The molecule has 0 radical (unpaired) electrons. The van der Waals surface area contributed by atoms with Gasteiger partial charge in [-0.25, -0.2) is 4.79 Å². The van der Waals surface area contributed by atoms with Crippen molar-refractivity contribution < 1.29 is 34.2 Å². The van der Waals surface area contributed by atoms with Crippen LogP contribution < -0.4 is 27.4 Å². The summed E-state index contributed by atoms with van der Waals surface area (Å²) < 4.78 is 0. The Balaban J connectivity index is 4.77. The summed E-state index contributed by atoms with van der Waals surface area (Å²) in [6.07, 6.45) is -0.0918. The Bertz CT molecular complexity index is 596. The number of aliphatic hydroxyl groups is 1. The van der Waals surface area contributed by atoms with E-state index in [1.807, 2.05) is 0 Å². The number of amides is 4. The molecule has 0 aliphatic rings. The molecule has 4 atom stereocenters. The van der Waals surface area contributed by atoms with E-state index in [-0.39, 0.29) is 12.8 Å². The molecular formula is C16H29N5O7. The molecule has 12 nitrogen and oxygen atoms in total. The zero-order valence-electron chi connectivity index (χ0n) is 16.1. The van der Waals surface area contributed by atoms with Gasteiger partial charge in [-0.15, -0.1) is 0 Å². The number of primary amides is 1. The molecule has 0 rings (SSSR count). The third kappa shape index (κ3) is 8.77. The van der Waals surface area contributed by atoms with Crippen molar-refractivity contribution in [2.75, 3.05) is 6.61 Å². The van der Waals surface area contributed by atoms with Crippen LogP contribution in [0.1, 0.15) is 33.6 Å². The largest absolute Gasteiger partial charge is 0.480 e. The molecule has 0 aromatic heterocycles. The maximum absolute atomic E-state index is 12.1. The molecule has 0 saturated heterocycles. The van der Waals surface area contributed by atoms with Gasteiger partial charge in [-0.2, -0.15) is 0 Å². The number of nitrogens with one attached hydrogen (secondary N) is 3. The van der Waals surface area contributed by atoms with Gasteiger partial charge in [0, 0.05) is 6.42 Å². The molecule has 9 N–H and O–H groups in total. The molecule has 0 aliphatic carbocycles. The molecule has 28 heavy (non-hydrogen) atoms. The van der Waals surface area contributed by atoms with Crippen molar-refractivity contribution in [3.63, 3.8) is 0 Å². The SMILES string of the molecule is CC(NC(=O)C(N)CCC(N)=O)C(=O)NC(CO)C(=O)NC(C(=O)O)C(C)C. The van der Waals surface area contributed by atoms with Crippen molar-refractivity contribution in [2.24, 2.45) is 17.4 Å². The fraction of sp³-hybridized carbons (Fsp3) is 0.688. The highest BCUT2D eigenvalue weighted by Crippen LogP contribution is 2.02. The normalized spacial score (nSPS) is 15.1. The Labute approximate surface area is 162 Å². The van der Waals surface area contributed by atoms with Crippen LogP contribution in [0, 0.1) is 5.92 Å². The molecule has 0 aromatic rings. The fourth-order valence-electron chi connectivity index (χ4n) is 2.07. The topological polar surface area (TPSA) is 214 Å². The monoisotopic (exact) mass is 403 g/mol. The van der Waals surface area contributed by atoms with Crippen LogP contribution in [0.3, 0.4) is 0 Å². The standard InChI is InChI=1S/C16H29N5O7/c1-7(2)12(16(27)28)21-15(26)10(6-22)20-13(24)8(3)19-14(25)9(17)4-5-11(18)23/h7-10,12,22H,4-6,17H2,1-3H3,(H2,18,23)(H,19,25)(H,20,24)(H,21,26)(H,27,28). The Kier molecular flexibility index (Phi) is 10.7. The Morgan fingerprint density at radius 2 is 1.50 bits per heavy atom. The summed E-state index contributed by atoms with van der Waals surface area (Å²) >= 11 is 0. The minimum atomic E-state index is -1.41. The molecule has 12 heteroatoms. The van der Waals surface area contributed by atoms with Crippen LogP contribution in [-0.4, -0.2) is 70.6 Å². The van der Waals surface area contributed by atoms with Crippen LogP contribution in [-0.2, 0) is 24.0 Å². The van der Waals surface area contributed by atoms with Crippen LogP contribution >= 0.6 is 0 Å². The first kappa shape index (κ1) is 25.3. The summed E-state index contributed by atoms with van der Waals surface area (Å²) in [5.41, 5.74) is 10.6. The van der Waals surface area contributed by atoms with E-state index >= 15 is 0 Å². The smallest absolute Gasteiger partial charge is 0.326 e. The molecule has 0 fully saturated rings. The number of hydrogen-bond acceptors (Lipinski definition) is 7. The molecule has 160 valence electrons. The molecule has 0 saturated carbocycles. The molecule has 0 heterocycles. The average Bonchev–Trinajstić information content (AvgIpc) is 2.60. The van der Waals surface area contributed by atoms with Gasteiger partial charge in [0.2, 0.25) is 23.6 Å². The number of aliphatic carboxylic acids is 1. The number of carboxylic acid groups (broad SMARTS) is 1. The van der Waals surface area contributed by atoms with E-state index in [1.54, 1.807) is 13.8 Å². The summed E-state index contributed by atoms with van der Waals surface area (Å²) in [7, 11) is 0. The zero-order chi connectivity index (χ0) is 22.0. The zero-order valence-corrected chi connectivity index (χ0v) is 16.1. The van der Waals surface area contributed by atoms with Gasteiger partial charge in [0.25, 0.3) is 0 Å². The van der Waals surface area contributed by atoms with Gasteiger partial charge in [-0.1, -0.05) is 13.8 Å². The number of rotatable bonds is 12. The van der Waals surface area contributed by atoms with E-state index < -0.39 is 66.3 Å². The highest BCUT2D eigenvalue weighted by atomic mass is 16.4. The van der Waals surface area contributed by atoms with Crippen molar-refractivity contribution in [3.8, 4) is 0 Å². The van der Waals surface area contributed by atoms with E-state index in [1.165, 1.54) is 6.92 Å². The molecule has 4 amide bonds. The number of carbonyl (C=O) groups is 5. The number of nitrogens with two attached hydrogens (primary N) is 2. The van der Waals surface area contributed by atoms with Gasteiger partial charge >= 0.3 is 5.97 Å². The fourth-order valence-corrected chi connectivity index (χ4v) is 2.07. The number of hydrogen-bond donors (Lipinski definition) is 7.